The molecule has 0 N–H and O–H groups in total. The van der Waals surface area contributed by atoms with Crippen LogP contribution in [0.25, 0.3) is 77.3 Å². The molecule has 0 atom stereocenters. The van der Waals surface area contributed by atoms with E-state index >= 15 is 0 Å². The van der Waals surface area contributed by atoms with Gasteiger partial charge in [0.25, 0.3) is 0 Å². The maximum atomic E-state index is 5.17. The van der Waals surface area contributed by atoms with Crippen LogP contribution in [0.1, 0.15) is 0 Å². The first-order valence-corrected chi connectivity index (χ1v) is 14.3. The van der Waals surface area contributed by atoms with Crippen LogP contribution in [0.5, 0.6) is 0 Å². The zero-order valence-electron chi connectivity index (χ0n) is 22.9. The quantitative estimate of drug-likeness (QED) is 0.166. The molecule has 8 aromatic rings. The molecule has 0 saturated heterocycles. The fourth-order valence-corrected chi connectivity index (χ4v) is 5.94. The monoisotopic (exact) mass is 534 g/mol. The number of nitrogens with zero attached hydrogens (tertiary/aromatic N) is 2. The van der Waals surface area contributed by atoms with Crippen molar-refractivity contribution in [1.82, 2.24) is 9.97 Å². The Labute approximate surface area is 244 Å². The molecular formula is C40H26N2. The van der Waals surface area contributed by atoms with Crippen molar-refractivity contribution in [3.05, 3.63) is 158 Å². The zero-order valence-corrected chi connectivity index (χ0v) is 22.9. The molecule has 6 aromatic carbocycles. The fourth-order valence-electron chi connectivity index (χ4n) is 5.94. The predicted molar refractivity (Wildman–Crippen MR) is 176 cm³/mol. The number of rotatable bonds is 4. The van der Waals surface area contributed by atoms with Crippen molar-refractivity contribution in [1.29, 1.82) is 0 Å². The van der Waals surface area contributed by atoms with Crippen molar-refractivity contribution in [2.75, 3.05) is 0 Å². The van der Waals surface area contributed by atoms with E-state index in [1.807, 2.05) is 12.1 Å². The summed E-state index contributed by atoms with van der Waals surface area (Å²) in [6, 6.07) is 55.5. The summed E-state index contributed by atoms with van der Waals surface area (Å²) in [4.78, 5) is 10.3. The first-order valence-electron chi connectivity index (χ1n) is 14.3. The minimum atomic E-state index is 0.941. The Balaban J connectivity index is 1.40. The van der Waals surface area contributed by atoms with E-state index < -0.39 is 0 Å². The molecule has 0 spiro atoms. The predicted octanol–water partition coefficient (Wildman–Crippen LogP) is 10.6. The van der Waals surface area contributed by atoms with Crippen molar-refractivity contribution < 1.29 is 0 Å². The highest BCUT2D eigenvalue weighted by atomic mass is 14.7. The zero-order chi connectivity index (χ0) is 27.9. The van der Waals surface area contributed by atoms with Crippen LogP contribution < -0.4 is 0 Å². The molecule has 0 unspecified atom stereocenters. The third-order valence-corrected chi connectivity index (χ3v) is 8.03. The summed E-state index contributed by atoms with van der Waals surface area (Å²) >= 11 is 0. The second-order valence-electron chi connectivity index (χ2n) is 10.7. The van der Waals surface area contributed by atoms with Crippen molar-refractivity contribution in [3.63, 3.8) is 0 Å². The van der Waals surface area contributed by atoms with Crippen LogP contribution in [-0.2, 0) is 0 Å². The van der Waals surface area contributed by atoms with Crippen LogP contribution in [0.15, 0.2) is 158 Å². The van der Waals surface area contributed by atoms with E-state index in [1.165, 1.54) is 32.3 Å². The van der Waals surface area contributed by atoms with E-state index in [-0.39, 0.29) is 0 Å². The van der Waals surface area contributed by atoms with Crippen molar-refractivity contribution in [2.45, 2.75) is 0 Å². The van der Waals surface area contributed by atoms with E-state index in [0.29, 0.717) is 0 Å². The van der Waals surface area contributed by atoms with E-state index in [9.17, 15) is 0 Å². The van der Waals surface area contributed by atoms with Crippen molar-refractivity contribution in [3.8, 4) is 45.0 Å². The van der Waals surface area contributed by atoms with Gasteiger partial charge in [0.15, 0.2) is 0 Å². The number of aromatic nitrogens is 2. The number of fused-ring (bicyclic) bond motifs is 4. The van der Waals surface area contributed by atoms with Gasteiger partial charge in [-0.05, 0) is 80.8 Å². The maximum absolute atomic E-state index is 5.17. The average molecular weight is 535 g/mol. The summed E-state index contributed by atoms with van der Waals surface area (Å²) in [6.45, 7) is 0. The molecule has 8 rings (SSSR count). The Hall–Kier alpha value is -5.60. The van der Waals surface area contributed by atoms with Gasteiger partial charge in [-0.3, -0.25) is 0 Å². The van der Waals surface area contributed by atoms with Crippen molar-refractivity contribution >= 4 is 32.3 Å². The van der Waals surface area contributed by atoms with Gasteiger partial charge in [-0.25, -0.2) is 9.97 Å². The van der Waals surface area contributed by atoms with Crippen LogP contribution in [0.3, 0.4) is 0 Å². The summed E-state index contributed by atoms with van der Waals surface area (Å²) in [7, 11) is 0. The SMILES string of the molecule is c1ccc(-c2cccc(-c3cc(-c4cccc(-c5ccccc5)n4)c4ccc5cc6ccccc6cc5c4c3)n2)cc1. The van der Waals surface area contributed by atoms with E-state index in [4.69, 9.17) is 9.97 Å². The first kappa shape index (κ1) is 24.2. The summed E-state index contributed by atoms with van der Waals surface area (Å²) < 4.78 is 0. The Morgan fingerprint density at radius 3 is 1.50 bits per heavy atom. The third kappa shape index (κ3) is 4.31. The van der Waals surface area contributed by atoms with Gasteiger partial charge in [-0.2, -0.15) is 0 Å². The Morgan fingerprint density at radius 1 is 0.286 bits per heavy atom. The Morgan fingerprint density at radius 2 is 0.833 bits per heavy atom. The number of hydrogen-bond donors (Lipinski definition) is 0. The molecule has 0 aliphatic heterocycles. The van der Waals surface area contributed by atoms with Gasteiger partial charge in [0.1, 0.15) is 0 Å². The molecule has 2 heteroatoms. The topological polar surface area (TPSA) is 25.8 Å². The largest absolute Gasteiger partial charge is 0.248 e. The van der Waals surface area contributed by atoms with Crippen LogP contribution >= 0.6 is 0 Å². The number of benzene rings is 6. The van der Waals surface area contributed by atoms with Gasteiger partial charge in [0.05, 0.1) is 22.8 Å². The Bertz CT molecular complexity index is 2240. The molecule has 0 saturated carbocycles. The lowest BCUT2D eigenvalue weighted by Gasteiger charge is -2.14. The summed E-state index contributed by atoms with van der Waals surface area (Å²) in [6.07, 6.45) is 0. The number of pyridine rings is 2. The molecule has 0 amide bonds. The number of hydrogen-bond acceptors (Lipinski definition) is 2. The summed E-state index contributed by atoms with van der Waals surface area (Å²) in [5.74, 6) is 0. The lowest BCUT2D eigenvalue weighted by molar-refractivity contribution is 1.31. The van der Waals surface area contributed by atoms with Crippen LogP contribution in [0.2, 0.25) is 0 Å². The molecule has 0 aliphatic carbocycles. The molecule has 0 fully saturated rings. The highest BCUT2D eigenvalue weighted by Crippen LogP contribution is 2.38. The molecule has 0 bridgehead atoms. The highest BCUT2D eigenvalue weighted by molar-refractivity contribution is 6.16. The van der Waals surface area contributed by atoms with Gasteiger partial charge < -0.3 is 0 Å². The Kier molecular flexibility index (Phi) is 5.82. The molecule has 2 heterocycles. The van der Waals surface area contributed by atoms with E-state index in [0.717, 1.165) is 45.0 Å². The molecular weight excluding hydrogens is 508 g/mol. The van der Waals surface area contributed by atoms with Gasteiger partial charge in [-0.15, -0.1) is 0 Å². The van der Waals surface area contributed by atoms with Gasteiger partial charge >= 0.3 is 0 Å². The fraction of sp³-hybridized carbons (Fsp3) is 0. The van der Waals surface area contributed by atoms with E-state index in [2.05, 4.69) is 146 Å². The van der Waals surface area contributed by atoms with Gasteiger partial charge in [0, 0.05) is 22.3 Å². The molecule has 42 heavy (non-hydrogen) atoms. The molecule has 0 aliphatic rings. The standard InChI is InChI=1S/C40H26N2/c1-3-11-27(12-4-1)37-17-9-19-39(41-37)32-25-35-33(22-21-31-23-29-15-7-8-16-30(29)24-34(31)35)36(26-32)40-20-10-18-38(42-40)28-13-5-2-6-14-28/h1-26H. The van der Waals surface area contributed by atoms with Crippen molar-refractivity contribution in [2.24, 2.45) is 0 Å². The van der Waals surface area contributed by atoms with E-state index in [1.54, 1.807) is 0 Å². The van der Waals surface area contributed by atoms with Gasteiger partial charge in [-0.1, -0.05) is 109 Å². The smallest absolute Gasteiger partial charge is 0.0715 e. The first-order chi connectivity index (χ1) is 20.8. The molecule has 2 aromatic heterocycles. The van der Waals surface area contributed by atoms with Crippen LogP contribution in [0, 0.1) is 0 Å². The lowest BCUT2D eigenvalue weighted by Crippen LogP contribution is -1.93. The second kappa shape index (κ2) is 10.1. The second-order valence-corrected chi connectivity index (χ2v) is 10.7. The minimum absolute atomic E-state index is 0.941. The highest BCUT2D eigenvalue weighted by Gasteiger charge is 2.14. The molecule has 2 nitrogen and oxygen atoms in total. The third-order valence-electron chi connectivity index (χ3n) is 8.03. The average Bonchev–Trinajstić information content (AvgIpc) is 3.08. The maximum Gasteiger partial charge on any atom is 0.0715 e. The van der Waals surface area contributed by atoms with Crippen LogP contribution in [-0.4, -0.2) is 9.97 Å². The molecule has 0 radical (unpaired) electrons. The minimum Gasteiger partial charge on any atom is -0.248 e. The summed E-state index contributed by atoms with van der Waals surface area (Å²) in [5, 5.41) is 7.31. The van der Waals surface area contributed by atoms with Gasteiger partial charge in [0.2, 0.25) is 0 Å². The molecule has 196 valence electrons. The lowest BCUT2D eigenvalue weighted by atomic mass is 9.92. The van der Waals surface area contributed by atoms with Crippen LogP contribution in [0.4, 0.5) is 0 Å². The summed E-state index contributed by atoms with van der Waals surface area (Å²) in [5.41, 5.74) is 8.19. The normalized spacial score (nSPS) is 11.3.